The molecule has 7 nitrogen and oxygen atoms in total. The molecule has 0 N–H and O–H groups in total. The van der Waals surface area contributed by atoms with E-state index < -0.39 is 0 Å². The van der Waals surface area contributed by atoms with Gasteiger partial charge in [0.05, 0.1) is 6.54 Å². The number of amides is 3. The Balaban J connectivity index is 1.32. The van der Waals surface area contributed by atoms with E-state index in [1.807, 2.05) is 12.1 Å². The van der Waals surface area contributed by atoms with Gasteiger partial charge >= 0.3 is 0 Å². The first-order valence-electron chi connectivity index (χ1n) is 10.7. The Bertz CT molecular complexity index is 863. The lowest BCUT2D eigenvalue weighted by Gasteiger charge is -2.37. The summed E-state index contributed by atoms with van der Waals surface area (Å²) in [5, 5.41) is 2.33. The lowest BCUT2D eigenvalue weighted by molar-refractivity contribution is -0.163. The van der Waals surface area contributed by atoms with Crippen LogP contribution in [0.4, 0.5) is 0 Å². The number of rotatable bonds is 4. The molecule has 7 heteroatoms. The van der Waals surface area contributed by atoms with Crippen LogP contribution in [0.25, 0.3) is 0 Å². The van der Waals surface area contributed by atoms with Gasteiger partial charge in [-0.15, -0.1) is 0 Å². The van der Waals surface area contributed by atoms with E-state index in [4.69, 9.17) is 4.74 Å². The minimum atomic E-state index is -0.296. The Morgan fingerprint density at radius 3 is 2.59 bits per heavy atom. The molecular formula is C22H27N3O4. The van der Waals surface area contributed by atoms with E-state index in [0.717, 1.165) is 35.8 Å². The van der Waals surface area contributed by atoms with E-state index in [2.05, 4.69) is 11.8 Å². The topological polar surface area (TPSA) is 70.2 Å². The van der Waals surface area contributed by atoms with Crippen molar-refractivity contribution in [3.05, 3.63) is 29.3 Å². The molecule has 3 heterocycles. The summed E-state index contributed by atoms with van der Waals surface area (Å²) in [4.78, 5) is 39.7. The molecule has 1 atom stereocenters. The number of likely N-dealkylation sites (tertiary alicyclic amines) is 1. The average Bonchev–Trinajstić information content (AvgIpc) is 3.35. The Kier molecular flexibility index (Phi) is 4.38. The molecule has 3 aliphatic heterocycles. The van der Waals surface area contributed by atoms with Gasteiger partial charge in [0, 0.05) is 31.5 Å². The van der Waals surface area contributed by atoms with Crippen LogP contribution in [0.1, 0.15) is 61.4 Å². The predicted octanol–water partition coefficient (Wildman–Crippen LogP) is 2.35. The summed E-state index contributed by atoms with van der Waals surface area (Å²) in [5.41, 5.74) is 1.79. The number of benzene rings is 1. The number of hydrogen-bond donors (Lipinski definition) is 0. The molecule has 1 unspecified atom stereocenters. The number of carbonyl (C=O) groups excluding carboxylic acids is 3. The van der Waals surface area contributed by atoms with Crippen molar-refractivity contribution in [1.82, 2.24) is 14.9 Å². The average molecular weight is 397 g/mol. The van der Waals surface area contributed by atoms with Crippen LogP contribution < -0.4 is 4.74 Å². The fourth-order valence-electron chi connectivity index (χ4n) is 5.02. The van der Waals surface area contributed by atoms with Gasteiger partial charge < -0.3 is 4.74 Å². The van der Waals surface area contributed by atoms with Crippen LogP contribution in [0, 0.1) is 5.41 Å². The minimum absolute atomic E-state index is 0.155. The van der Waals surface area contributed by atoms with Crippen molar-refractivity contribution in [2.24, 2.45) is 5.41 Å². The molecule has 0 aromatic heterocycles. The highest BCUT2D eigenvalue weighted by molar-refractivity contribution is 6.04. The van der Waals surface area contributed by atoms with Crippen LogP contribution in [-0.4, -0.2) is 58.4 Å². The molecule has 29 heavy (non-hydrogen) atoms. The smallest absolute Gasteiger partial charge is 0.273 e. The SMILES string of the molecule is CCN1CC(Oc2ccc3c(c2)CN(N2C(=O)CCCC2=O)C3=O)CC2(CC2)C1. The van der Waals surface area contributed by atoms with Gasteiger partial charge in [0.25, 0.3) is 5.91 Å². The molecule has 154 valence electrons. The van der Waals surface area contributed by atoms with Crippen LogP contribution in [-0.2, 0) is 16.1 Å². The number of ether oxygens (including phenoxy) is 1. The third kappa shape index (κ3) is 3.31. The van der Waals surface area contributed by atoms with Crippen molar-refractivity contribution in [2.45, 2.75) is 58.1 Å². The zero-order valence-electron chi connectivity index (χ0n) is 16.9. The van der Waals surface area contributed by atoms with Crippen molar-refractivity contribution in [2.75, 3.05) is 19.6 Å². The van der Waals surface area contributed by atoms with Gasteiger partial charge in [-0.2, -0.15) is 5.01 Å². The fourth-order valence-corrected chi connectivity index (χ4v) is 5.02. The molecule has 0 bridgehead atoms. The maximum Gasteiger partial charge on any atom is 0.273 e. The molecule has 2 saturated heterocycles. The summed E-state index contributed by atoms with van der Waals surface area (Å²) in [6, 6.07) is 5.50. The second-order valence-electron chi connectivity index (χ2n) is 8.91. The molecule has 1 aromatic rings. The van der Waals surface area contributed by atoms with Crippen LogP contribution in [0.5, 0.6) is 5.75 Å². The molecule has 3 amide bonds. The summed E-state index contributed by atoms with van der Waals surface area (Å²) in [6.45, 7) is 5.56. The molecule has 1 saturated carbocycles. The maximum absolute atomic E-state index is 12.8. The number of piperidine rings is 2. The Morgan fingerprint density at radius 1 is 1.14 bits per heavy atom. The highest BCUT2D eigenvalue weighted by Gasteiger charge is 2.49. The van der Waals surface area contributed by atoms with Crippen LogP contribution >= 0.6 is 0 Å². The highest BCUT2D eigenvalue weighted by Crippen LogP contribution is 2.52. The molecule has 3 fully saturated rings. The van der Waals surface area contributed by atoms with E-state index in [9.17, 15) is 14.4 Å². The van der Waals surface area contributed by atoms with Gasteiger partial charge in [-0.05, 0) is 61.4 Å². The molecule has 0 radical (unpaired) electrons. The van der Waals surface area contributed by atoms with Gasteiger partial charge in [-0.25, -0.2) is 5.01 Å². The number of carbonyl (C=O) groups is 3. The number of imide groups is 1. The monoisotopic (exact) mass is 397 g/mol. The molecule has 1 aliphatic carbocycles. The zero-order chi connectivity index (χ0) is 20.2. The van der Waals surface area contributed by atoms with E-state index in [0.29, 0.717) is 30.2 Å². The summed E-state index contributed by atoms with van der Waals surface area (Å²) in [7, 11) is 0. The van der Waals surface area contributed by atoms with Crippen molar-refractivity contribution in [3.8, 4) is 5.75 Å². The van der Waals surface area contributed by atoms with E-state index >= 15 is 0 Å². The quantitative estimate of drug-likeness (QED) is 0.730. The first-order valence-corrected chi connectivity index (χ1v) is 10.7. The fraction of sp³-hybridized carbons (Fsp3) is 0.591. The summed E-state index contributed by atoms with van der Waals surface area (Å²) >= 11 is 0. The Hall–Kier alpha value is -2.41. The van der Waals surface area contributed by atoms with Crippen molar-refractivity contribution < 1.29 is 19.1 Å². The first-order chi connectivity index (χ1) is 14.0. The molecule has 1 spiro atoms. The van der Waals surface area contributed by atoms with E-state index in [-0.39, 0.29) is 30.4 Å². The summed E-state index contributed by atoms with van der Waals surface area (Å²) < 4.78 is 6.33. The summed E-state index contributed by atoms with van der Waals surface area (Å²) in [6.07, 6.45) is 4.97. The molecule has 4 aliphatic rings. The standard InChI is InChI=1S/C22H27N3O4/c1-2-23-13-17(11-22(14-23)8-9-22)29-16-6-7-18-15(10-16)12-24(21(18)28)25-19(26)4-3-5-20(25)27/h6-7,10,17H,2-5,8-9,11-14H2,1H3. The summed E-state index contributed by atoms with van der Waals surface area (Å²) in [5.74, 6) is -0.124. The molecular weight excluding hydrogens is 370 g/mol. The lowest BCUT2D eigenvalue weighted by atomic mass is 9.93. The Labute approximate surface area is 170 Å². The van der Waals surface area contributed by atoms with Crippen molar-refractivity contribution in [1.29, 1.82) is 0 Å². The lowest BCUT2D eigenvalue weighted by Crippen LogP contribution is -2.51. The van der Waals surface area contributed by atoms with Crippen LogP contribution in [0.15, 0.2) is 18.2 Å². The zero-order valence-corrected chi connectivity index (χ0v) is 16.9. The van der Waals surface area contributed by atoms with Gasteiger partial charge in [-0.1, -0.05) is 6.92 Å². The Morgan fingerprint density at radius 2 is 1.90 bits per heavy atom. The largest absolute Gasteiger partial charge is 0.489 e. The van der Waals surface area contributed by atoms with E-state index in [1.165, 1.54) is 24.4 Å². The first kappa shape index (κ1) is 18.6. The van der Waals surface area contributed by atoms with Crippen LogP contribution in [0.2, 0.25) is 0 Å². The number of fused-ring (bicyclic) bond motifs is 1. The van der Waals surface area contributed by atoms with Crippen molar-refractivity contribution >= 4 is 17.7 Å². The maximum atomic E-state index is 12.8. The molecule has 1 aromatic carbocycles. The number of hydrogen-bond acceptors (Lipinski definition) is 5. The van der Waals surface area contributed by atoms with Gasteiger partial charge in [0.15, 0.2) is 0 Å². The second kappa shape index (κ2) is 6.83. The minimum Gasteiger partial charge on any atom is -0.489 e. The predicted molar refractivity (Wildman–Crippen MR) is 105 cm³/mol. The van der Waals surface area contributed by atoms with Gasteiger partial charge in [-0.3, -0.25) is 19.3 Å². The van der Waals surface area contributed by atoms with Gasteiger partial charge in [0.1, 0.15) is 11.9 Å². The van der Waals surface area contributed by atoms with E-state index in [1.54, 1.807) is 6.07 Å². The number of likely N-dealkylation sites (N-methyl/N-ethyl adjacent to an activating group) is 1. The third-order valence-corrected chi connectivity index (χ3v) is 6.75. The molecule has 5 rings (SSSR count). The highest BCUT2D eigenvalue weighted by atomic mass is 16.5. The normalized spacial score (nSPS) is 26.2. The van der Waals surface area contributed by atoms with Crippen LogP contribution in [0.3, 0.4) is 0 Å². The van der Waals surface area contributed by atoms with Crippen molar-refractivity contribution in [3.63, 3.8) is 0 Å². The second-order valence-corrected chi connectivity index (χ2v) is 8.91. The third-order valence-electron chi connectivity index (χ3n) is 6.75. The number of nitrogens with zero attached hydrogens (tertiary/aromatic N) is 3. The van der Waals surface area contributed by atoms with Gasteiger partial charge in [0.2, 0.25) is 11.8 Å². The number of hydrazine groups is 1.